The van der Waals surface area contributed by atoms with Crippen molar-refractivity contribution in [2.45, 2.75) is 4.90 Å². The number of nitrogens with two attached hydrogens (primary N) is 1. The van der Waals surface area contributed by atoms with Crippen molar-refractivity contribution in [2.24, 2.45) is 0 Å². The predicted molar refractivity (Wildman–Crippen MR) is 82.4 cm³/mol. The Hall–Kier alpha value is -2.28. The predicted octanol–water partition coefficient (Wildman–Crippen LogP) is 2.27. The molecule has 21 heavy (non-hydrogen) atoms. The lowest BCUT2D eigenvalue weighted by atomic mass is 10.3. The van der Waals surface area contributed by atoms with Gasteiger partial charge >= 0.3 is 0 Å². The molecule has 0 aliphatic carbocycles. The Labute approximate surface area is 123 Å². The highest BCUT2D eigenvalue weighted by Crippen LogP contribution is 2.23. The Morgan fingerprint density at radius 3 is 2.24 bits per heavy atom. The summed E-state index contributed by atoms with van der Waals surface area (Å²) in [5, 5.41) is 0. The van der Waals surface area contributed by atoms with Crippen LogP contribution in [-0.2, 0) is 10.0 Å². The molecule has 0 aliphatic rings. The molecule has 0 fully saturated rings. The fraction of sp³-hybridized carbons (Fsp3) is 0.143. The monoisotopic (exact) mass is 309 g/mol. The summed E-state index contributed by atoms with van der Waals surface area (Å²) >= 11 is 0. The average molecular weight is 309 g/mol. The molecule has 3 N–H and O–H groups in total. The van der Waals surface area contributed by atoms with Crippen LogP contribution in [0.2, 0.25) is 0 Å². The fourth-order valence-corrected chi connectivity index (χ4v) is 2.97. The first-order valence-electron chi connectivity index (χ1n) is 6.15. The number of nitrogen functional groups attached to an aromatic ring is 1. The van der Waals surface area contributed by atoms with E-state index in [0.29, 0.717) is 5.69 Å². The van der Waals surface area contributed by atoms with Gasteiger partial charge in [0, 0.05) is 25.5 Å². The van der Waals surface area contributed by atoms with Crippen LogP contribution in [0.15, 0.2) is 47.4 Å². The molecule has 0 heterocycles. The molecule has 2 aromatic rings. The van der Waals surface area contributed by atoms with Crippen LogP contribution in [-0.4, -0.2) is 22.5 Å². The lowest BCUT2D eigenvalue weighted by molar-refractivity contribution is 0.600. The van der Waals surface area contributed by atoms with Crippen LogP contribution in [0, 0.1) is 5.82 Å². The van der Waals surface area contributed by atoms with Gasteiger partial charge in [-0.05, 0) is 42.5 Å². The zero-order chi connectivity index (χ0) is 15.6. The number of hydrogen-bond acceptors (Lipinski definition) is 4. The minimum Gasteiger partial charge on any atom is -0.398 e. The van der Waals surface area contributed by atoms with Gasteiger partial charge in [0.05, 0.1) is 5.69 Å². The molecule has 0 atom stereocenters. The summed E-state index contributed by atoms with van der Waals surface area (Å²) in [6.07, 6.45) is 0. The molecule has 112 valence electrons. The molecule has 0 spiro atoms. The van der Waals surface area contributed by atoms with Crippen molar-refractivity contribution in [3.8, 4) is 0 Å². The Bertz CT molecular complexity index is 743. The number of halogens is 1. The maximum Gasteiger partial charge on any atom is 0.263 e. The first-order valence-corrected chi connectivity index (χ1v) is 7.63. The summed E-state index contributed by atoms with van der Waals surface area (Å²) in [5.74, 6) is -0.582. The number of sulfonamides is 1. The second-order valence-corrected chi connectivity index (χ2v) is 6.38. The smallest absolute Gasteiger partial charge is 0.263 e. The first-order chi connectivity index (χ1) is 9.79. The summed E-state index contributed by atoms with van der Waals surface area (Å²) in [7, 11) is -0.0745. The molecule has 2 aromatic carbocycles. The van der Waals surface area contributed by atoms with Crippen LogP contribution in [0.1, 0.15) is 0 Å². The van der Waals surface area contributed by atoms with Gasteiger partial charge in [0.1, 0.15) is 10.7 Å². The van der Waals surface area contributed by atoms with Gasteiger partial charge in [-0.3, -0.25) is 4.72 Å². The van der Waals surface area contributed by atoms with Crippen molar-refractivity contribution >= 4 is 27.1 Å². The molecule has 0 radical (unpaired) electrons. The standard InChI is InChI=1S/C14H16FN3O2S/c1-18(2)12-6-4-11(5-7-12)17-21(19,20)14-8-3-10(15)9-13(14)16/h3-9,17H,16H2,1-2H3. The molecule has 7 heteroatoms. The van der Waals surface area contributed by atoms with E-state index < -0.39 is 15.8 Å². The maximum absolute atomic E-state index is 13.0. The third-order valence-corrected chi connectivity index (χ3v) is 4.35. The molecule has 0 bridgehead atoms. The van der Waals surface area contributed by atoms with Crippen LogP contribution in [0.3, 0.4) is 0 Å². The third-order valence-electron chi connectivity index (χ3n) is 2.90. The first kappa shape index (κ1) is 15.1. The Morgan fingerprint density at radius 2 is 1.71 bits per heavy atom. The van der Waals surface area contributed by atoms with Crippen molar-refractivity contribution in [3.63, 3.8) is 0 Å². The molecule has 0 aromatic heterocycles. The minimum atomic E-state index is -3.85. The van der Waals surface area contributed by atoms with Crippen molar-refractivity contribution in [1.82, 2.24) is 0 Å². The van der Waals surface area contributed by atoms with Gasteiger partial charge in [-0.1, -0.05) is 0 Å². The topological polar surface area (TPSA) is 75.4 Å². The quantitative estimate of drug-likeness (QED) is 0.850. The number of hydrogen-bond donors (Lipinski definition) is 2. The van der Waals surface area contributed by atoms with E-state index in [0.717, 1.165) is 23.9 Å². The highest BCUT2D eigenvalue weighted by atomic mass is 32.2. The van der Waals surface area contributed by atoms with E-state index in [-0.39, 0.29) is 10.6 Å². The molecule has 5 nitrogen and oxygen atoms in total. The molecule has 0 amide bonds. The highest BCUT2D eigenvalue weighted by molar-refractivity contribution is 7.92. The van der Waals surface area contributed by atoms with E-state index in [9.17, 15) is 12.8 Å². The van der Waals surface area contributed by atoms with E-state index >= 15 is 0 Å². The zero-order valence-corrected chi connectivity index (χ0v) is 12.5. The Balaban J connectivity index is 2.28. The van der Waals surface area contributed by atoms with Crippen LogP contribution in [0.5, 0.6) is 0 Å². The second kappa shape index (κ2) is 5.61. The number of benzene rings is 2. The van der Waals surface area contributed by atoms with E-state index in [2.05, 4.69) is 4.72 Å². The molecule has 0 unspecified atom stereocenters. The third kappa shape index (κ3) is 3.43. The normalized spacial score (nSPS) is 11.2. The SMILES string of the molecule is CN(C)c1ccc(NS(=O)(=O)c2ccc(F)cc2N)cc1. The van der Waals surface area contributed by atoms with Gasteiger partial charge in [0.2, 0.25) is 0 Å². The van der Waals surface area contributed by atoms with E-state index in [1.807, 2.05) is 19.0 Å². The van der Waals surface area contributed by atoms with Crippen molar-refractivity contribution in [2.75, 3.05) is 29.5 Å². The van der Waals surface area contributed by atoms with Crippen LogP contribution in [0.25, 0.3) is 0 Å². The molecular weight excluding hydrogens is 293 g/mol. The highest BCUT2D eigenvalue weighted by Gasteiger charge is 2.18. The van der Waals surface area contributed by atoms with Gasteiger partial charge in [0.15, 0.2) is 0 Å². The zero-order valence-electron chi connectivity index (χ0n) is 11.7. The Kier molecular flexibility index (Phi) is 4.04. The fourth-order valence-electron chi connectivity index (χ4n) is 1.80. The van der Waals surface area contributed by atoms with Crippen molar-refractivity contribution < 1.29 is 12.8 Å². The number of rotatable bonds is 4. The molecule has 0 saturated carbocycles. The average Bonchev–Trinajstić information content (AvgIpc) is 2.38. The summed E-state index contributed by atoms with van der Waals surface area (Å²) in [6, 6.07) is 10.0. The van der Waals surface area contributed by atoms with Gasteiger partial charge in [-0.2, -0.15) is 0 Å². The summed E-state index contributed by atoms with van der Waals surface area (Å²) in [4.78, 5) is 1.75. The van der Waals surface area contributed by atoms with Gasteiger partial charge in [-0.25, -0.2) is 12.8 Å². The summed E-state index contributed by atoms with van der Waals surface area (Å²) in [5.41, 5.74) is 6.78. The van der Waals surface area contributed by atoms with Gasteiger partial charge in [-0.15, -0.1) is 0 Å². The van der Waals surface area contributed by atoms with Crippen molar-refractivity contribution in [1.29, 1.82) is 0 Å². The molecule has 0 aliphatic heterocycles. The van der Waals surface area contributed by atoms with Crippen LogP contribution in [0.4, 0.5) is 21.5 Å². The van der Waals surface area contributed by atoms with E-state index in [4.69, 9.17) is 5.73 Å². The largest absolute Gasteiger partial charge is 0.398 e. The molecule has 2 rings (SSSR count). The lowest BCUT2D eigenvalue weighted by Gasteiger charge is -2.14. The van der Waals surface area contributed by atoms with Crippen molar-refractivity contribution in [3.05, 3.63) is 48.3 Å². The summed E-state index contributed by atoms with van der Waals surface area (Å²) in [6.45, 7) is 0. The Morgan fingerprint density at radius 1 is 1.10 bits per heavy atom. The number of nitrogens with one attached hydrogen (secondary N) is 1. The minimum absolute atomic E-state index is 0.132. The number of anilines is 3. The van der Waals surface area contributed by atoms with Crippen LogP contribution < -0.4 is 15.4 Å². The molecular formula is C14H16FN3O2S. The van der Waals surface area contributed by atoms with Gasteiger partial charge < -0.3 is 10.6 Å². The maximum atomic E-state index is 13.0. The van der Waals surface area contributed by atoms with Gasteiger partial charge in [0.25, 0.3) is 10.0 Å². The number of nitrogens with zero attached hydrogens (tertiary/aromatic N) is 1. The van der Waals surface area contributed by atoms with E-state index in [1.165, 1.54) is 0 Å². The van der Waals surface area contributed by atoms with E-state index in [1.54, 1.807) is 24.3 Å². The van der Waals surface area contributed by atoms with Crippen LogP contribution >= 0.6 is 0 Å². The molecule has 0 saturated heterocycles. The second-order valence-electron chi connectivity index (χ2n) is 4.73. The summed E-state index contributed by atoms with van der Waals surface area (Å²) < 4.78 is 39.9. The lowest BCUT2D eigenvalue weighted by Crippen LogP contribution is -2.15.